The molecule has 0 amide bonds. The molecule has 1 aliphatic carbocycles. The maximum absolute atomic E-state index is 12.8. The Bertz CT molecular complexity index is 1930. The number of aromatic amines is 1. The minimum absolute atomic E-state index is 0.0641. The molecule has 4 heterocycles. The van der Waals surface area contributed by atoms with Gasteiger partial charge in [0.1, 0.15) is 17.4 Å². The Balaban J connectivity index is 1.34. The first-order valence-corrected chi connectivity index (χ1v) is 15.6. The van der Waals surface area contributed by atoms with Crippen molar-refractivity contribution in [3.63, 3.8) is 0 Å². The first-order valence-electron chi connectivity index (χ1n) is 14.7. The number of thiophene rings is 1. The summed E-state index contributed by atoms with van der Waals surface area (Å²) in [6, 6.07) is 13.8. The Morgan fingerprint density at radius 3 is 2.79 bits per heavy atom. The van der Waals surface area contributed by atoms with Crippen LogP contribution >= 0.6 is 11.3 Å². The number of fused-ring (bicyclic) bond motifs is 3. The fourth-order valence-corrected chi connectivity index (χ4v) is 7.57. The van der Waals surface area contributed by atoms with Gasteiger partial charge in [0.15, 0.2) is 0 Å². The number of carbonyl (C=O) groups is 1. The lowest BCUT2D eigenvalue weighted by atomic mass is 9.69. The maximum atomic E-state index is 12.8. The minimum atomic E-state index is -1.10. The summed E-state index contributed by atoms with van der Waals surface area (Å²) in [5, 5.41) is 22.3. The van der Waals surface area contributed by atoms with Crippen LogP contribution < -0.4 is 10.3 Å². The van der Waals surface area contributed by atoms with Gasteiger partial charge in [0.25, 0.3) is 0 Å². The summed E-state index contributed by atoms with van der Waals surface area (Å²) >= 11 is 1.70. The van der Waals surface area contributed by atoms with Gasteiger partial charge in [-0.15, -0.1) is 16.4 Å². The van der Waals surface area contributed by atoms with Gasteiger partial charge < -0.3 is 14.8 Å². The Kier molecular flexibility index (Phi) is 6.66. The number of aromatic nitrogens is 4. The van der Waals surface area contributed by atoms with Gasteiger partial charge in [-0.3, -0.25) is 14.5 Å². The van der Waals surface area contributed by atoms with Crippen LogP contribution in [0.1, 0.15) is 60.6 Å². The van der Waals surface area contributed by atoms with E-state index < -0.39 is 17.3 Å². The molecule has 9 nitrogen and oxygen atoms in total. The van der Waals surface area contributed by atoms with Gasteiger partial charge in [-0.1, -0.05) is 17.3 Å². The number of carboxylic acid groups (broad SMARTS) is 1. The number of nitrogens with one attached hydrogen (secondary N) is 1. The number of hydrogen-bond donors (Lipinski definition) is 2. The normalized spacial score (nSPS) is 18.4. The Morgan fingerprint density at radius 2 is 2.02 bits per heavy atom. The van der Waals surface area contributed by atoms with Crippen molar-refractivity contribution in [2.75, 3.05) is 6.54 Å². The summed E-state index contributed by atoms with van der Waals surface area (Å²) in [7, 11) is 1.86. The second-order valence-corrected chi connectivity index (χ2v) is 13.6. The van der Waals surface area contributed by atoms with E-state index in [9.17, 15) is 14.7 Å². The summed E-state index contributed by atoms with van der Waals surface area (Å²) < 4.78 is 9.36. The molecule has 3 aromatic heterocycles. The zero-order chi connectivity index (χ0) is 30.0. The van der Waals surface area contributed by atoms with Crippen LogP contribution in [0.15, 0.2) is 52.6 Å². The van der Waals surface area contributed by atoms with E-state index in [2.05, 4.69) is 43.8 Å². The van der Waals surface area contributed by atoms with E-state index in [0.717, 1.165) is 69.5 Å². The van der Waals surface area contributed by atoms with Crippen LogP contribution in [0.4, 0.5) is 0 Å². The molecular formula is C33H35N5O4S. The Morgan fingerprint density at radius 1 is 1.21 bits per heavy atom. The third-order valence-electron chi connectivity index (χ3n) is 9.24. The van der Waals surface area contributed by atoms with E-state index in [1.54, 1.807) is 35.9 Å². The van der Waals surface area contributed by atoms with Crippen molar-refractivity contribution in [3.8, 4) is 5.75 Å². The molecule has 2 N–H and O–H groups in total. The quantitative estimate of drug-likeness (QED) is 0.251. The topological polar surface area (TPSA) is 113 Å². The molecule has 5 aromatic rings. The highest BCUT2D eigenvalue weighted by Crippen LogP contribution is 2.45. The predicted octanol–water partition coefficient (Wildman–Crippen LogP) is 5.60. The van der Waals surface area contributed by atoms with E-state index in [4.69, 9.17) is 4.74 Å². The molecule has 43 heavy (non-hydrogen) atoms. The van der Waals surface area contributed by atoms with Crippen molar-refractivity contribution in [1.29, 1.82) is 0 Å². The number of aliphatic carboxylic acids is 1. The van der Waals surface area contributed by atoms with Crippen LogP contribution in [0.3, 0.4) is 0 Å². The third-order valence-corrected chi connectivity index (χ3v) is 10.3. The average molecular weight is 598 g/mol. The molecule has 0 bridgehead atoms. The van der Waals surface area contributed by atoms with Crippen molar-refractivity contribution in [3.05, 3.63) is 86.1 Å². The molecule has 10 heteroatoms. The summed E-state index contributed by atoms with van der Waals surface area (Å²) in [6.07, 6.45) is 2.38. The highest BCUT2D eigenvalue weighted by atomic mass is 32.1. The van der Waals surface area contributed by atoms with Crippen molar-refractivity contribution in [2.24, 2.45) is 18.4 Å². The number of aryl methyl sites for hydroxylation is 2. The van der Waals surface area contributed by atoms with Gasteiger partial charge in [0.2, 0.25) is 5.56 Å². The van der Waals surface area contributed by atoms with Gasteiger partial charge in [0, 0.05) is 43.4 Å². The molecule has 0 spiro atoms. The molecule has 0 unspecified atom stereocenters. The highest BCUT2D eigenvalue weighted by molar-refractivity contribution is 7.17. The molecule has 7 rings (SSSR count). The van der Waals surface area contributed by atoms with E-state index >= 15 is 0 Å². The number of pyridine rings is 1. The average Bonchev–Trinajstić information content (AvgIpc) is 3.62. The zero-order valence-corrected chi connectivity index (χ0v) is 25.6. The molecular weight excluding hydrogens is 562 g/mol. The lowest BCUT2D eigenvalue weighted by Gasteiger charge is -2.33. The molecule has 0 radical (unpaired) electrons. The summed E-state index contributed by atoms with van der Waals surface area (Å²) in [6.45, 7) is 7.59. The largest absolute Gasteiger partial charge is 0.487 e. The molecule has 1 aliphatic heterocycles. The van der Waals surface area contributed by atoms with Crippen molar-refractivity contribution in [2.45, 2.75) is 58.7 Å². The van der Waals surface area contributed by atoms with E-state index in [0.29, 0.717) is 19.0 Å². The fraction of sp³-hybridized carbons (Fsp3) is 0.394. The van der Waals surface area contributed by atoms with Crippen LogP contribution in [-0.4, -0.2) is 48.6 Å². The van der Waals surface area contributed by atoms with E-state index in [1.165, 1.54) is 10.8 Å². The fourth-order valence-electron chi connectivity index (χ4n) is 6.69. The number of hydrogen-bond acceptors (Lipinski definition) is 7. The summed E-state index contributed by atoms with van der Waals surface area (Å²) in [4.78, 5) is 30.4. The van der Waals surface area contributed by atoms with Crippen molar-refractivity contribution >= 4 is 38.4 Å². The predicted molar refractivity (Wildman–Crippen MR) is 167 cm³/mol. The second kappa shape index (κ2) is 10.3. The van der Waals surface area contributed by atoms with Crippen molar-refractivity contribution in [1.82, 2.24) is 24.9 Å². The number of rotatable bonds is 7. The standard InChI is InChI=1S/C33H35N5O4S/c1-18-23(7-8-25-30(18)35-36-37(25)4)29(33(2,3)32(40)41)21-13-20-11-12-43-31(20)22(14-21)15-38-16-24-26(9-10-28(39)34-24)42-27(17-38)19-5-6-19/h7-14,19,27,29H,5-6,15-17H2,1-4H3,(H,34,39)(H,40,41)/t27-,29-/m0/s1. The maximum Gasteiger partial charge on any atom is 0.310 e. The number of H-pyrrole nitrogens is 1. The molecule has 1 saturated carbocycles. The van der Waals surface area contributed by atoms with Crippen LogP contribution in [0.5, 0.6) is 5.75 Å². The van der Waals surface area contributed by atoms with Crippen LogP contribution in [-0.2, 0) is 24.9 Å². The summed E-state index contributed by atoms with van der Waals surface area (Å²) in [5.41, 5.74) is 5.23. The Labute approximate surface area is 253 Å². The van der Waals surface area contributed by atoms with Crippen molar-refractivity contribution < 1.29 is 14.6 Å². The molecule has 222 valence electrons. The van der Waals surface area contributed by atoms with E-state index in [1.807, 2.05) is 26.1 Å². The lowest BCUT2D eigenvalue weighted by molar-refractivity contribution is -0.147. The minimum Gasteiger partial charge on any atom is -0.487 e. The van der Waals surface area contributed by atoms with Crippen LogP contribution in [0.2, 0.25) is 0 Å². The number of ether oxygens (including phenoxy) is 1. The lowest BCUT2D eigenvalue weighted by Crippen LogP contribution is -2.34. The molecule has 2 aromatic carbocycles. The van der Waals surface area contributed by atoms with Crippen LogP contribution in [0, 0.1) is 18.3 Å². The summed E-state index contributed by atoms with van der Waals surface area (Å²) in [5.74, 6) is -0.0100. The smallest absolute Gasteiger partial charge is 0.310 e. The third kappa shape index (κ3) is 4.92. The van der Waals surface area contributed by atoms with Crippen LogP contribution in [0.25, 0.3) is 21.1 Å². The second-order valence-electron chi connectivity index (χ2n) is 12.7. The number of nitrogens with zero attached hydrogens (tertiary/aromatic N) is 4. The highest BCUT2D eigenvalue weighted by Gasteiger charge is 2.41. The SMILES string of the molecule is Cc1c([C@H](c2cc(CN3Cc4[nH]c(=O)ccc4O[C@H](C4CC4)C3)c3sccc3c2)C(C)(C)C(=O)O)ccc2c1nnn2C. The number of carboxylic acids is 1. The monoisotopic (exact) mass is 597 g/mol. The molecule has 0 saturated heterocycles. The first kappa shape index (κ1) is 27.8. The van der Waals surface area contributed by atoms with Gasteiger partial charge in [-0.25, -0.2) is 4.68 Å². The first-order chi connectivity index (χ1) is 20.6. The Hall–Kier alpha value is -4.02. The number of benzene rings is 2. The molecule has 2 aliphatic rings. The van der Waals surface area contributed by atoms with E-state index in [-0.39, 0.29) is 11.7 Å². The zero-order valence-electron chi connectivity index (χ0n) is 24.8. The van der Waals surface area contributed by atoms with Gasteiger partial charge in [-0.2, -0.15) is 0 Å². The van der Waals surface area contributed by atoms with Gasteiger partial charge >= 0.3 is 5.97 Å². The van der Waals surface area contributed by atoms with Gasteiger partial charge in [0.05, 0.1) is 16.6 Å². The molecule has 1 fully saturated rings. The molecule has 2 atom stereocenters. The van der Waals surface area contributed by atoms with Gasteiger partial charge in [-0.05, 0) is 96.8 Å².